The molecule has 0 saturated heterocycles. The van der Waals surface area contributed by atoms with E-state index in [1.54, 1.807) is 12.1 Å². The number of rotatable bonds is 3. The molecular weight excluding hydrogens is 172 g/mol. The van der Waals surface area contributed by atoms with E-state index < -0.39 is 0 Å². The predicted molar refractivity (Wildman–Crippen MR) is 51.9 cm³/mol. The Hall–Kier alpha value is -0.690. The first-order valence-corrected chi connectivity index (χ1v) is 4.61. The number of hydrogen-bond acceptors (Lipinski definition) is 1. The average Bonchev–Trinajstić information content (AvgIpc) is 1.99. The van der Waals surface area contributed by atoms with Gasteiger partial charge in [0, 0.05) is 5.88 Å². The first kappa shape index (κ1) is 9.40. The van der Waals surface area contributed by atoms with Crippen LogP contribution in [0.5, 0.6) is 5.75 Å². The molecule has 1 nitrogen and oxygen atoms in total. The molecule has 0 aliphatic carbocycles. The van der Waals surface area contributed by atoms with Crippen LogP contribution < -0.4 is 0 Å². The molecule has 0 aromatic heterocycles. The lowest BCUT2D eigenvalue weighted by molar-refractivity contribution is 0.474. The normalized spacial score (nSPS) is 10.2. The molecule has 0 saturated carbocycles. The van der Waals surface area contributed by atoms with Gasteiger partial charge in [-0.25, -0.2) is 0 Å². The highest BCUT2D eigenvalue weighted by atomic mass is 35.5. The minimum Gasteiger partial charge on any atom is -0.508 e. The summed E-state index contributed by atoms with van der Waals surface area (Å²) in [5.41, 5.74) is 2.26. The van der Waals surface area contributed by atoms with Gasteiger partial charge in [0.25, 0.3) is 0 Å². The molecule has 0 bridgehead atoms. The van der Waals surface area contributed by atoms with E-state index in [9.17, 15) is 5.11 Å². The van der Waals surface area contributed by atoms with E-state index in [0.29, 0.717) is 11.6 Å². The zero-order valence-corrected chi connectivity index (χ0v) is 7.93. The molecule has 0 spiro atoms. The van der Waals surface area contributed by atoms with Gasteiger partial charge in [0.1, 0.15) is 5.75 Å². The highest BCUT2D eigenvalue weighted by molar-refractivity contribution is 6.17. The average molecular weight is 185 g/mol. The van der Waals surface area contributed by atoms with Crippen LogP contribution in [0.15, 0.2) is 18.2 Å². The molecule has 1 aromatic rings. The Morgan fingerprint density at radius 2 is 2.08 bits per heavy atom. The molecule has 0 heterocycles. The third-order valence-corrected chi connectivity index (χ3v) is 1.99. The fraction of sp³-hybridized carbons (Fsp3) is 0.400. The maximum Gasteiger partial charge on any atom is 0.116 e. The van der Waals surface area contributed by atoms with Gasteiger partial charge in [-0.15, -0.1) is 11.6 Å². The Morgan fingerprint density at radius 1 is 1.33 bits per heavy atom. The summed E-state index contributed by atoms with van der Waals surface area (Å²) in [6, 6.07) is 5.62. The van der Waals surface area contributed by atoms with E-state index in [2.05, 4.69) is 6.07 Å². The summed E-state index contributed by atoms with van der Waals surface area (Å²) in [6.45, 7) is 1.98. The summed E-state index contributed by atoms with van der Waals surface area (Å²) in [4.78, 5) is 0. The van der Waals surface area contributed by atoms with Crippen LogP contribution in [-0.4, -0.2) is 11.0 Å². The Kier molecular flexibility index (Phi) is 3.42. The molecule has 0 atom stereocenters. The van der Waals surface area contributed by atoms with Gasteiger partial charge >= 0.3 is 0 Å². The molecule has 1 rings (SSSR count). The van der Waals surface area contributed by atoms with Crippen LogP contribution in [0.3, 0.4) is 0 Å². The van der Waals surface area contributed by atoms with Crippen molar-refractivity contribution in [3.8, 4) is 5.75 Å². The van der Waals surface area contributed by atoms with Gasteiger partial charge in [-0.3, -0.25) is 0 Å². The van der Waals surface area contributed by atoms with Crippen LogP contribution in [0.2, 0.25) is 0 Å². The van der Waals surface area contributed by atoms with E-state index >= 15 is 0 Å². The SMILES string of the molecule is Cc1cc(O)cc(CCCCl)c1. The van der Waals surface area contributed by atoms with Gasteiger partial charge in [0.2, 0.25) is 0 Å². The van der Waals surface area contributed by atoms with E-state index in [1.807, 2.05) is 6.92 Å². The van der Waals surface area contributed by atoms with Crippen molar-refractivity contribution in [1.82, 2.24) is 0 Å². The molecule has 0 aliphatic rings. The van der Waals surface area contributed by atoms with Crippen molar-refractivity contribution in [1.29, 1.82) is 0 Å². The van der Waals surface area contributed by atoms with Crippen molar-refractivity contribution in [3.63, 3.8) is 0 Å². The van der Waals surface area contributed by atoms with Crippen LogP contribution in [0, 0.1) is 6.92 Å². The fourth-order valence-electron chi connectivity index (χ4n) is 1.26. The largest absolute Gasteiger partial charge is 0.508 e. The number of phenolic OH excluding ortho intramolecular Hbond substituents is 1. The van der Waals surface area contributed by atoms with Gasteiger partial charge in [0.15, 0.2) is 0 Å². The third-order valence-electron chi connectivity index (χ3n) is 1.72. The Morgan fingerprint density at radius 3 is 2.67 bits per heavy atom. The maximum atomic E-state index is 9.26. The topological polar surface area (TPSA) is 20.2 Å². The second kappa shape index (κ2) is 4.36. The summed E-state index contributed by atoms with van der Waals surface area (Å²) >= 11 is 5.57. The summed E-state index contributed by atoms with van der Waals surface area (Å²) in [5.74, 6) is 1.02. The van der Waals surface area contributed by atoms with Crippen LogP contribution >= 0.6 is 11.6 Å². The van der Waals surface area contributed by atoms with Gasteiger partial charge in [-0.05, 0) is 43.0 Å². The molecule has 0 unspecified atom stereocenters. The molecular formula is C10H13ClO. The molecule has 0 amide bonds. The third kappa shape index (κ3) is 2.74. The maximum absolute atomic E-state index is 9.26. The minimum absolute atomic E-state index is 0.347. The standard InChI is InChI=1S/C10H13ClO/c1-8-5-9(3-2-4-11)7-10(12)6-8/h5-7,12H,2-4H2,1H3. The number of halogens is 1. The summed E-state index contributed by atoms with van der Waals surface area (Å²) in [5, 5.41) is 9.26. The van der Waals surface area contributed by atoms with Crippen LogP contribution in [0.4, 0.5) is 0 Å². The number of alkyl halides is 1. The quantitative estimate of drug-likeness (QED) is 0.717. The lowest BCUT2D eigenvalue weighted by atomic mass is 10.1. The van der Waals surface area contributed by atoms with Crippen molar-refractivity contribution >= 4 is 11.6 Å². The number of phenols is 1. The molecule has 1 aromatic carbocycles. The molecule has 2 heteroatoms. The van der Waals surface area contributed by atoms with Crippen molar-refractivity contribution in [2.45, 2.75) is 19.8 Å². The van der Waals surface area contributed by atoms with Crippen LogP contribution in [0.25, 0.3) is 0 Å². The molecule has 12 heavy (non-hydrogen) atoms. The monoisotopic (exact) mass is 184 g/mol. The zero-order chi connectivity index (χ0) is 8.97. The Labute approximate surface area is 78.0 Å². The summed E-state index contributed by atoms with van der Waals surface area (Å²) in [6.07, 6.45) is 1.91. The second-order valence-corrected chi connectivity index (χ2v) is 3.35. The molecule has 1 N–H and O–H groups in total. The number of aryl methyl sites for hydroxylation is 2. The minimum atomic E-state index is 0.347. The molecule has 0 fully saturated rings. The fourth-order valence-corrected chi connectivity index (χ4v) is 1.39. The van der Waals surface area contributed by atoms with Gasteiger partial charge in [-0.1, -0.05) is 6.07 Å². The summed E-state index contributed by atoms with van der Waals surface area (Å²) in [7, 11) is 0. The lowest BCUT2D eigenvalue weighted by Crippen LogP contribution is -1.87. The van der Waals surface area contributed by atoms with Gasteiger partial charge in [0.05, 0.1) is 0 Å². The second-order valence-electron chi connectivity index (χ2n) is 2.97. The van der Waals surface area contributed by atoms with Crippen LogP contribution in [-0.2, 0) is 6.42 Å². The first-order chi connectivity index (χ1) is 5.72. The van der Waals surface area contributed by atoms with E-state index in [4.69, 9.17) is 11.6 Å². The van der Waals surface area contributed by atoms with Gasteiger partial charge < -0.3 is 5.11 Å². The smallest absolute Gasteiger partial charge is 0.116 e. The first-order valence-electron chi connectivity index (χ1n) is 4.08. The van der Waals surface area contributed by atoms with E-state index in [-0.39, 0.29) is 0 Å². The Bertz CT molecular complexity index is 238. The number of aromatic hydroxyl groups is 1. The van der Waals surface area contributed by atoms with Gasteiger partial charge in [-0.2, -0.15) is 0 Å². The van der Waals surface area contributed by atoms with Crippen molar-refractivity contribution in [3.05, 3.63) is 29.3 Å². The van der Waals surface area contributed by atoms with E-state index in [0.717, 1.165) is 24.0 Å². The number of hydrogen-bond donors (Lipinski definition) is 1. The highest BCUT2D eigenvalue weighted by Crippen LogP contribution is 2.16. The predicted octanol–water partition coefficient (Wildman–Crippen LogP) is 2.87. The van der Waals surface area contributed by atoms with Crippen molar-refractivity contribution < 1.29 is 5.11 Å². The molecule has 0 radical (unpaired) electrons. The van der Waals surface area contributed by atoms with Crippen LogP contribution in [0.1, 0.15) is 17.5 Å². The lowest BCUT2D eigenvalue weighted by Gasteiger charge is -2.02. The number of benzene rings is 1. The van der Waals surface area contributed by atoms with E-state index in [1.165, 1.54) is 0 Å². The summed E-state index contributed by atoms with van der Waals surface area (Å²) < 4.78 is 0. The van der Waals surface area contributed by atoms with Crippen molar-refractivity contribution in [2.24, 2.45) is 0 Å². The van der Waals surface area contributed by atoms with Crippen molar-refractivity contribution in [2.75, 3.05) is 5.88 Å². The zero-order valence-electron chi connectivity index (χ0n) is 7.18. The highest BCUT2D eigenvalue weighted by Gasteiger charge is 1.96. The molecule has 66 valence electrons. The Balaban J connectivity index is 2.72. The molecule has 0 aliphatic heterocycles.